The molecule has 0 atom stereocenters. The Morgan fingerprint density at radius 1 is 0.875 bits per heavy atom. The summed E-state index contributed by atoms with van der Waals surface area (Å²) in [6.07, 6.45) is 0. The molecular formula is C23H26FN3O5. The van der Waals surface area contributed by atoms with Crippen molar-refractivity contribution in [3.8, 4) is 0 Å². The van der Waals surface area contributed by atoms with Gasteiger partial charge in [0.1, 0.15) is 5.82 Å². The van der Waals surface area contributed by atoms with Crippen LogP contribution in [0.4, 0.5) is 10.1 Å². The summed E-state index contributed by atoms with van der Waals surface area (Å²) in [5.41, 5.74) is 1.64. The summed E-state index contributed by atoms with van der Waals surface area (Å²) in [5.74, 6) is -1.75. The van der Waals surface area contributed by atoms with Crippen molar-refractivity contribution in [2.75, 3.05) is 52.3 Å². The Bertz CT molecular complexity index is 938. The number of carbonyl (C=O) groups excluding carboxylic acids is 3. The molecule has 2 aromatic carbocycles. The first kappa shape index (κ1) is 23.4. The number of rotatable bonds is 7. The molecule has 1 aliphatic heterocycles. The molecule has 1 aliphatic rings. The molecular weight excluding hydrogens is 417 g/mol. The summed E-state index contributed by atoms with van der Waals surface area (Å²) in [4.78, 5) is 40.6. The van der Waals surface area contributed by atoms with E-state index in [1.165, 1.54) is 44.6 Å². The molecule has 1 fully saturated rings. The third-order valence-electron chi connectivity index (χ3n) is 5.21. The fourth-order valence-electron chi connectivity index (χ4n) is 3.53. The molecule has 0 saturated carbocycles. The van der Waals surface area contributed by atoms with E-state index in [1.54, 1.807) is 12.1 Å². The van der Waals surface area contributed by atoms with E-state index in [9.17, 15) is 18.8 Å². The van der Waals surface area contributed by atoms with E-state index >= 15 is 0 Å². The first-order valence-electron chi connectivity index (χ1n) is 10.2. The predicted molar refractivity (Wildman–Crippen MR) is 116 cm³/mol. The molecule has 0 radical (unpaired) electrons. The maximum absolute atomic E-state index is 13.0. The van der Waals surface area contributed by atoms with Crippen molar-refractivity contribution < 1.29 is 28.2 Å². The molecule has 0 aromatic heterocycles. The Morgan fingerprint density at radius 2 is 1.41 bits per heavy atom. The zero-order chi connectivity index (χ0) is 23.1. The van der Waals surface area contributed by atoms with Crippen LogP contribution in [0.3, 0.4) is 0 Å². The van der Waals surface area contributed by atoms with Crippen LogP contribution in [0.1, 0.15) is 26.3 Å². The standard InChI is InChI=1S/C23H26FN3O5/c1-31-22(29)17-11-18(23(30)32-2)13-20(12-17)25-21(28)15-27-9-7-26(8-10-27)14-16-3-5-19(24)6-4-16/h3-6,11-13H,7-10,14-15H2,1-2H3,(H,25,28). The van der Waals surface area contributed by atoms with E-state index in [-0.39, 0.29) is 29.4 Å². The third-order valence-corrected chi connectivity index (χ3v) is 5.21. The van der Waals surface area contributed by atoms with Crippen molar-refractivity contribution in [1.29, 1.82) is 0 Å². The average Bonchev–Trinajstić information content (AvgIpc) is 2.80. The average molecular weight is 443 g/mol. The van der Waals surface area contributed by atoms with Gasteiger partial charge in [0.2, 0.25) is 5.91 Å². The van der Waals surface area contributed by atoms with E-state index in [0.717, 1.165) is 25.2 Å². The lowest BCUT2D eigenvalue weighted by atomic mass is 10.1. The van der Waals surface area contributed by atoms with Crippen LogP contribution < -0.4 is 5.32 Å². The van der Waals surface area contributed by atoms with Gasteiger partial charge in [0.25, 0.3) is 0 Å². The van der Waals surface area contributed by atoms with Crippen molar-refractivity contribution in [1.82, 2.24) is 9.80 Å². The second-order valence-corrected chi connectivity index (χ2v) is 7.51. The molecule has 1 heterocycles. The van der Waals surface area contributed by atoms with Gasteiger partial charge in [0, 0.05) is 38.4 Å². The summed E-state index contributed by atoms with van der Waals surface area (Å²) in [5, 5.41) is 2.74. The minimum atomic E-state index is -0.622. The molecule has 1 amide bonds. The van der Waals surface area contributed by atoms with Gasteiger partial charge in [-0.15, -0.1) is 0 Å². The zero-order valence-corrected chi connectivity index (χ0v) is 18.1. The Kier molecular flexibility index (Phi) is 7.91. The van der Waals surface area contributed by atoms with Crippen LogP contribution in [-0.2, 0) is 20.8 Å². The molecule has 0 spiro atoms. The summed E-state index contributed by atoms with van der Waals surface area (Å²) in [7, 11) is 2.47. The Balaban J connectivity index is 1.55. The van der Waals surface area contributed by atoms with Crippen LogP contribution in [0.15, 0.2) is 42.5 Å². The Morgan fingerprint density at radius 3 is 1.94 bits per heavy atom. The van der Waals surface area contributed by atoms with Gasteiger partial charge in [0.15, 0.2) is 0 Å². The zero-order valence-electron chi connectivity index (χ0n) is 18.1. The molecule has 0 unspecified atom stereocenters. The second-order valence-electron chi connectivity index (χ2n) is 7.51. The summed E-state index contributed by atoms with van der Waals surface area (Å²) >= 11 is 0. The highest BCUT2D eigenvalue weighted by Crippen LogP contribution is 2.17. The van der Waals surface area contributed by atoms with E-state index in [4.69, 9.17) is 9.47 Å². The molecule has 9 heteroatoms. The fraction of sp³-hybridized carbons (Fsp3) is 0.348. The monoisotopic (exact) mass is 443 g/mol. The molecule has 0 bridgehead atoms. The number of anilines is 1. The normalized spacial score (nSPS) is 14.6. The number of amides is 1. The summed E-state index contributed by atoms with van der Waals surface area (Å²) in [6.45, 7) is 3.91. The fourth-order valence-corrected chi connectivity index (χ4v) is 3.53. The molecule has 170 valence electrons. The molecule has 32 heavy (non-hydrogen) atoms. The van der Waals surface area contributed by atoms with Gasteiger partial charge >= 0.3 is 11.9 Å². The number of ether oxygens (including phenoxy) is 2. The largest absolute Gasteiger partial charge is 0.465 e. The number of benzene rings is 2. The Labute approximate surface area is 185 Å². The first-order chi connectivity index (χ1) is 15.4. The van der Waals surface area contributed by atoms with Gasteiger partial charge in [-0.25, -0.2) is 14.0 Å². The van der Waals surface area contributed by atoms with E-state index < -0.39 is 11.9 Å². The van der Waals surface area contributed by atoms with Gasteiger partial charge in [-0.1, -0.05) is 12.1 Å². The predicted octanol–water partition coefficient (Wildman–Crippen LogP) is 2.16. The van der Waals surface area contributed by atoms with Gasteiger partial charge in [-0.2, -0.15) is 0 Å². The number of esters is 2. The smallest absolute Gasteiger partial charge is 0.337 e. The van der Waals surface area contributed by atoms with Gasteiger partial charge in [-0.3, -0.25) is 14.6 Å². The molecule has 3 rings (SSSR count). The second kappa shape index (κ2) is 10.8. The minimum absolute atomic E-state index is 0.139. The van der Waals surface area contributed by atoms with Gasteiger partial charge in [-0.05, 0) is 35.9 Å². The van der Waals surface area contributed by atoms with Crippen molar-refractivity contribution >= 4 is 23.5 Å². The minimum Gasteiger partial charge on any atom is -0.465 e. The highest BCUT2D eigenvalue weighted by Gasteiger charge is 2.20. The molecule has 2 aromatic rings. The van der Waals surface area contributed by atoms with Crippen molar-refractivity contribution in [2.24, 2.45) is 0 Å². The maximum atomic E-state index is 13.0. The number of hydrogen-bond acceptors (Lipinski definition) is 7. The van der Waals surface area contributed by atoms with Crippen LogP contribution >= 0.6 is 0 Å². The maximum Gasteiger partial charge on any atom is 0.337 e. The molecule has 8 nitrogen and oxygen atoms in total. The SMILES string of the molecule is COC(=O)c1cc(NC(=O)CN2CCN(Cc3ccc(F)cc3)CC2)cc(C(=O)OC)c1. The van der Waals surface area contributed by atoms with Crippen LogP contribution in [0.25, 0.3) is 0 Å². The quantitative estimate of drug-likeness (QED) is 0.656. The lowest BCUT2D eigenvalue weighted by Crippen LogP contribution is -2.48. The van der Waals surface area contributed by atoms with Crippen LogP contribution in [0.2, 0.25) is 0 Å². The van der Waals surface area contributed by atoms with E-state index in [0.29, 0.717) is 18.8 Å². The van der Waals surface area contributed by atoms with Crippen molar-refractivity contribution in [3.05, 3.63) is 65.0 Å². The number of hydrogen-bond donors (Lipinski definition) is 1. The number of halogens is 1. The first-order valence-corrected chi connectivity index (χ1v) is 10.2. The highest BCUT2D eigenvalue weighted by atomic mass is 19.1. The molecule has 1 saturated heterocycles. The summed E-state index contributed by atoms with van der Waals surface area (Å²) in [6, 6.07) is 10.7. The van der Waals surface area contributed by atoms with Gasteiger partial charge in [0.05, 0.1) is 31.9 Å². The topological polar surface area (TPSA) is 88.2 Å². The third kappa shape index (κ3) is 6.35. The summed E-state index contributed by atoms with van der Waals surface area (Å²) < 4.78 is 22.5. The van der Waals surface area contributed by atoms with E-state index in [1.807, 2.05) is 4.90 Å². The lowest BCUT2D eigenvalue weighted by molar-refractivity contribution is -0.117. The molecule has 1 N–H and O–H groups in total. The number of piperazine rings is 1. The molecule has 0 aliphatic carbocycles. The lowest BCUT2D eigenvalue weighted by Gasteiger charge is -2.34. The number of carbonyl (C=O) groups is 3. The highest BCUT2D eigenvalue weighted by molar-refractivity contribution is 5.99. The van der Waals surface area contributed by atoms with Crippen LogP contribution in [0, 0.1) is 5.82 Å². The van der Waals surface area contributed by atoms with Crippen molar-refractivity contribution in [3.63, 3.8) is 0 Å². The van der Waals surface area contributed by atoms with Crippen LogP contribution in [-0.4, -0.2) is 74.6 Å². The number of nitrogens with one attached hydrogen (secondary N) is 1. The number of methoxy groups -OCH3 is 2. The van der Waals surface area contributed by atoms with Gasteiger partial charge < -0.3 is 14.8 Å². The number of nitrogens with zero attached hydrogens (tertiary/aromatic N) is 2. The van der Waals surface area contributed by atoms with Crippen molar-refractivity contribution in [2.45, 2.75) is 6.54 Å². The van der Waals surface area contributed by atoms with Crippen LogP contribution in [0.5, 0.6) is 0 Å². The Hall–Kier alpha value is -3.30. The van der Waals surface area contributed by atoms with E-state index in [2.05, 4.69) is 10.2 Å².